The SMILES string of the molecule is COc1cccc(C(=O)Nc2ccc(N3CCN(C(C)C)CC3)cc2)c1-c1ccc(C(C)C)cc1. The van der Waals surface area contributed by atoms with E-state index < -0.39 is 0 Å². The number of rotatable bonds is 7. The maximum atomic E-state index is 13.4. The molecule has 0 saturated carbocycles. The molecule has 1 aliphatic rings. The van der Waals surface area contributed by atoms with Crippen molar-refractivity contribution in [3.8, 4) is 16.9 Å². The second-order valence-corrected chi connectivity index (χ2v) is 9.78. The molecule has 35 heavy (non-hydrogen) atoms. The first-order valence-corrected chi connectivity index (χ1v) is 12.5. The van der Waals surface area contributed by atoms with E-state index in [-0.39, 0.29) is 5.91 Å². The Morgan fingerprint density at radius 3 is 2.09 bits per heavy atom. The van der Waals surface area contributed by atoms with Crippen LogP contribution in [0.4, 0.5) is 11.4 Å². The average molecular weight is 472 g/mol. The highest BCUT2D eigenvalue weighted by atomic mass is 16.5. The van der Waals surface area contributed by atoms with Crippen molar-refractivity contribution in [1.82, 2.24) is 4.90 Å². The first kappa shape index (κ1) is 24.8. The van der Waals surface area contributed by atoms with Crippen molar-refractivity contribution < 1.29 is 9.53 Å². The molecule has 5 heteroatoms. The molecule has 1 amide bonds. The summed E-state index contributed by atoms with van der Waals surface area (Å²) in [5.41, 5.74) is 5.61. The Labute approximate surface area is 209 Å². The second kappa shape index (κ2) is 11.0. The predicted octanol–water partition coefficient (Wildman–Crippen LogP) is 6.27. The van der Waals surface area contributed by atoms with Crippen molar-refractivity contribution in [2.75, 3.05) is 43.5 Å². The summed E-state index contributed by atoms with van der Waals surface area (Å²) in [7, 11) is 1.64. The predicted molar refractivity (Wildman–Crippen MR) is 146 cm³/mol. The molecule has 0 atom stereocenters. The fraction of sp³-hybridized carbons (Fsp3) is 0.367. The molecule has 3 aromatic rings. The number of carbonyl (C=O) groups excluding carboxylic acids is 1. The molecule has 0 unspecified atom stereocenters. The molecule has 0 aromatic heterocycles. The van der Waals surface area contributed by atoms with E-state index in [1.165, 1.54) is 11.3 Å². The standard InChI is InChI=1S/C30H37N3O2/c1-21(2)23-9-11-24(12-10-23)29-27(7-6-8-28(29)35-5)30(34)31-25-13-15-26(16-14-25)33-19-17-32(18-20-33)22(3)4/h6-16,21-22H,17-20H2,1-5H3,(H,31,34). The zero-order valence-corrected chi connectivity index (χ0v) is 21.5. The summed E-state index contributed by atoms with van der Waals surface area (Å²) >= 11 is 0. The van der Waals surface area contributed by atoms with Crippen LogP contribution < -0.4 is 15.0 Å². The van der Waals surface area contributed by atoms with Crippen molar-refractivity contribution >= 4 is 17.3 Å². The van der Waals surface area contributed by atoms with Crippen molar-refractivity contribution in [2.45, 2.75) is 39.7 Å². The molecule has 0 aliphatic carbocycles. The number of carbonyl (C=O) groups is 1. The van der Waals surface area contributed by atoms with E-state index in [2.05, 4.69) is 79.2 Å². The minimum absolute atomic E-state index is 0.148. The minimum atomic E-state index is -0.148. The monoisotopic (exact) mass is 471 g/mol. The number of benzene rings is 3. The van der Waals surface area contributed by atoms with Gasteiger partial charge in [-0.2, -0.15) is 0 Å². The van der Waals surface area contributed by atoms with Crippen LogP contribution in [0.15, 0.2) is 66.7 Å². The Morgan fingerprint density at radius 1 is 0.857 bits per heavy atom. The van der Waals surface area contributed by atoms with E-state index >= 15 is 0 Å². The molecule has 1 aliphatic heterocycles. The smallest absolute Gasteiger partial charge is 0.256 e. The van der Waals surface area contributed by atoms with Gasteiger partial charge in [-0.3, -0.25) is 9.69 Å². The number of hydrogen-bond acceptors (Lipinski definition) is 4. The van der Waals surface area contributed by atoms with Crippen LogP contribution in [-0.2, 0) is 0 Å². The van der Waals surface area contributed by atoms with E-state index in [1.807, 2.05) is 30.3 Å². The van der Waals surface area contributed by atoms with Gasteiger partial charge in [0.25, 0.3) is 5.91 Å². The van der Waals surface area contributed by atoms with Gasteiger partial charge >= 0.3 is 0 Å². The van der Waals surface area contributed by atoms with Crippen LogP contribution >= 0.6 is 0 Å². The van der Waals surface area contributed by atoms with Crippen molar-refractivity contribution in [3.63, 3.8) is 0 Å². The van der Waals surface area contributed by atoms with Crippen LogP contribution in [0.5, 0.6) is 5.75 Å². The zero-order valence-electron chi connectivity index (χ0n) is 21.5. The van der Waals surface area contributed by atoms with Gasteiger partial charge in [0.1, 0.15) is 5.75 Å². The third-order valence-corrected chi connectivity index (χ3v) is 6.89. The quantitative estimate of drug-likeness (QED) is 0.441. The molecular weight excluding hydrogens is 434 g/mol. The summed E-state index contributed by atoms with van der Waals surface area (Å²) in [6, 6.07) is 22.7. The second-order valence-electron chi connectivity index (χ2n) is 9.78. The normalized spacial score (nSPS) is 14.4. The van der Waals surface area contributed by atoms with Crippen LogP contribution in [0.2, 0.25) is 0 Å². The number of nitrogens with one attached hydrogen (secondary N) is 1. The van der Waals surface area contributed by atoms with Gasteiger partial charge in [-0.25, -0.2) is 0 Å². The zero-order chi connectivity index (χ0) is 24.9. The maximum Gasteiger partial charge on any atom is 0.256 e. The summed E-state index contributed by atoms with van der Waals surface area (Å²) in [6.07, 6.45) is 0. The molecule has 5 nitrogen and oxygen atoms in total. The molecule has 1 heterocycles. The maximum absolute atomic E-state index is 13.4. The number of methoxy groups -OCH3 is 1. The van der Waals surface area contributed by atoms with Gasteiger partial charge in [0.2, 0.25) is 0 Å². The molecule has 184 valence electrons. The van der Waals surface area contributed by atoms with Crippen LogP contribution in [0.3, 0.4) is 0 Å². The average Bonchev–Trinajstić information content (AvgIpc) is 2.88. The number of amides is 1. The number of nitrogens with zero attached hydrogens (tertiary/aromatic N) is 2. The summed E-state index contributed by atoms with van der Waals surface area (Å²) in [5.74, 6) is 0.988. The summed E-state index contributed by atoms with van der Waals surface area (Å²) in [5, 5.41) is 3.08. The van der Waals surface area contributed by atoms with E-state index in [4.69, 9.17) is 4.74 Å². The molecule has 0 radical (unpaired) electrons. The van der Waals surface area contributed by atoms with Crippen LogP contribution in [-0.4, -0.2) is 50.1 Å². The molecule has 4 rings (SSSR count). The molecule has 0 spiro atoms. The highest BCUT2D eigenvalue weighted by Gasteiger charge is 2.20. The Morgan fingerprint density at radius 2 is 1.51 bits per heavy atom. The largest absolute Gasteiger partial charge is 0.496 e. The number of hydrogen-bond donors (Lipinski definition) is 1. The topological polar surface area (TPSA) is 44.8 Å². The molecule has 1 saturated heterocycles. The van der Waals surface area contributed by atoms with Crippen molar-refractivity contribution in [1.29, 1.82) is 0 Å². The third-order valence-electron chi connectivity index (χ3n) is 6.89. The number of ether oxygens (including phenoxy) is 1. The molecule has 1 N–H and O–H groups in total. The first-order chi connectivity index (χ1) is 16.9. The lowest BCUT2D eigenvalue weighted by atomic mass is 9.95. The van der Waals surface area contributed by atoms with E-state index in [9.17, 15) is 4.79 Å². The minimum Gasteiger partial charge on any atom is -0.496 e. The van der Waals surface area contributed by atoms with Gasteiger partial charge in [-0.1, -0.05) is 44.2 Å². The number of piperazine rings is 1. The Balaban J connectivity index is 1.51. The van der Waals surface area contributed by atoms with Gasteiger partial charge in [0.05, 0.1) is 12.7 Å². The fourth-order valence-electron chi connectivity index (χ4n) is 4.67. The number of anilines is 2. The Hall–Kier alpha value is -3.31. The lowest BCUT2D eigenvalue weighted by Gasteiger charge is -2.38. The van der Waals surface area contributed by atoms with E-state index in [0.29, 0.717) is 23.3 Å². The van der Waals surface area contributed by atoms with Gasteiger partial charge in [0.15, 0.2) is 0 Å². The lowest BCUT2D eigenvalue weighted by molar-refractivity contribution is 0.102. The summed E-state index contributed by atoms with van der Waals surface area (Å²) in [4.78, 5) is 18.3. The Bertz CT molecular complexity index is 1130. The van der Waals surface area contributed by atoms with Crippen LogP contribution in [0, 0.1) is 0 Å². The summed E-state index contributed by atoms with van der Waals surface area (Å²) < 4.78 is 5.63. The third kappa shape index (κ3) is 5.68. The summed E-state index contributed by atoms with van der Waals surface area (Å²) in [6.45, 7) is 13.0. The van der Waals surface area contributed by atoms with Crippen LogP contribution in [0.25, 0.3) is 11.1 Å². The fourth-order valence-corrected chi connectivity index (χ4v) is 4.67. The lowest BCUT2D eigenvalue weighted by Crippen LogP contribution is -2.48. The van der Waals surface area contributed by atoms with Crippen molar-refractivity contribution in [2.24, 2.45) is 0 Å². The van der Waals surface area contributed by atoms with Crippen LogP contribution in [0.1, 0.15) is 49.5 Å². The first-order valence-electron chi connectivity index (χ1n) is 12.5. The van der Waals surface area contributed by atoms with Gasteiger partial charge in [-0.15, -0.1) is 0 Å². The van der Waals surface area contributed by atoms with Gasteiger partial charge < -0.3 is 15.0 Å². The van der Waals surface area contributed by atoms with Crippen molar-refractivity contribution in [3.05, 3.63) is 77.9 Å². The molecule has 1 fully saturated rings. The molecule has 3 aromatic carbocycles. The molecular formula is C30H37N3O2. The highest BCUT2D eigenvalue weighted by Crippen LogP contribution is 2.35. The highest BCUT2D eigenvalue weighted by molar-refractivity contribution is 6.09. The molecule has 0 bridgehead atoms. The van der Waals surface area contributed by atoms with Gasteiger partial charge in [0, 0.05) is 49.2 Å². The Kier molecular flexibility index (Phi) is 7.76. The van der Waals surface area contributed by atoms with E-state index in [0.717, 1.165) is 43.0 Å². The van der Waals surface area contributed by atoms with Gasteiger partial charge in [-0.05, 0) is 67.3 Å². The van der Waals surface area contributed by atoms with E-state index in [1.54, 1.807) is 7.11 Å².